The first kappa shape index (κ1) is 31.3. The van der Waals surface area contributed by atoms with Gasteiger partial charge in [-0.05, 0) is 76.3 Å². The first-order valence-electron chi connectivity index (χ1n) is 14.6. The van der Waals surface area contributed by atoms with Gasteiger partial charge in [0, 0.05) is 18.7 Å². The fourth-order valence-corrected chi connectivity index (χ4v) is 4.16. The van der Waals surface area contributed by atoms with Crippen molar-refractivity contribution in [2.24, 2.45) is 17.8 Å². The fraction of sp³-hybridized carbons (Fsp3) is 0.486. The monoisotopic (exact) mass is 517 g/mol. The number of hydrogen-bond donors (Lipinski definition) is 1. The molecule has 0 radical (unpaired) electrons. The molecule has 0 spiro atoms. The van der Waals surface area contributed by atoms with Crippen molar-refractivity contribution in [3.8, 4) is 11.5 Å². The lowest BCUT2D eigenvalue weighted by Gasteiger charge is -2.24. The highest BCUT2D eigenvalue weighted by atomic mass is 16.5. The lowest BCUT2D eigenvalue weighted by Crippen LogP contribution is -2.21. The summed E-state index contributed by atoms with van der Waals surface area (Å²) in [5.74, 6) is 3.49. The van der Waals surface area contributed by atoms with E-state index in [9.17, 15) is 0 Å². The van der Waals surface area contributed by atoms with Crippen molar-refractivity contribution in [3.05, 3.63) is 83.1 Å². The van der Waals surface area contributed by atoms with Gasteiger partial charge in [0.2, 0.25) is 0 Å². The van der Waals surface area contributed by atoms with Gasteiger partial charge in [0.05, 0.1) is 13.2 Å². The van der Waals surface area contributed by atoms with Crippen LogP contribution in [0.4, 0.5) is 0 Å². The molecule has 0 atom stereocenters. The number of allylic oxidation sites excluding steroid dienone is 6. The molecule has 2 aromatic carbocycles. The molecule has 3 heteroatoms. The number of ether oxygens (including phenoxy) is 2. The predicted molar refractivity (Wildman–Crippen MR) is 166 cm³/mol. The topological polar surface area (TPSA) is 30.5 Å². The Labute approximate surface area is 233 Å². The van der Waals surface area contributed by atoms with E-state index in [1.54, 1.807) is 0 Å². The van der Waals surface area contributed by atoms with Crippen LogP contribution < -0.4 is 14.8 Å². The minimum absolute atomic E-state index is 0.513. The van der Waals surface area contributed by atoms with E-state index < -0.39 is 0 Å². The van der Waals surface area contributed by atoms with E-state index in [4.69, 9.17) is 9.47 Å². The molecule has 3 nitrogen and oxygen atoms in total. The molecule has 38 heavy (non-hydrogen) atoms. The van der Waals surface area contributed by atoms with Gasteiger partial charge in [-0.3, -0.25) is 0 Å². The van der Waals surface area contributed by atoms with Crippen molar-refractivity contribution in [1.82, 2.24) is 5.32 Å². The maximum atomic E-state index is 5.92. The van der Waals surface area contributed by atoms with Crippen molar-refractivity contribution >= 4 is 11.1 Å². The number of nitrogens with one attached hydrogen (secondary N) is 1. The Morgan fingerprint density at radius 1 is 0.711 bits per heavy atom. The molecule has 1 N–H and O–H groups in total. The van der Waals surface area contributed by atoms with Crippen LogP contribution in [0.1, 0.15) is 86.3 Å². The Kier molecular flexibility index (Phi) is 13.3. The summed E-state index contributed by atoms with van der Waals surface area (Å²) in [5.41, 5.74) is 7.81. The maximum absolute atomic E-state index is 5.92. The summed E-state index contributed by atoms with van der Waals surface area (Å²) in [5, 5.41) is 3.76. The molecule has 0 saturated heterocycles. The van der Waals surface area contributed by atoms with Gasteiger partial charge in [-0.2, -0.15) is 0 Å². The smallest absolute Gasteiger partial charge is 0.119 e. The highest BCUT2D eigenvalue weighted by molar-refractivity contribution is 5.89. The number of hydrogen-bond acceptors (Lipinski definition) is 3. The number of benzene rings is 2. The zero-order valence-corrected chi connectivity index (χ0v) is 25.4. The van der Waals surface area contributed by atoms with E-state index in [-0.39, 0.29) is 0 Å². The average Bonchev–Trinajstić information content (AvgIpc) is 2.92. The minimum atomic E-state index is 0.513. The van der Waals surface area contributed by atoms with E-state index in [2.05, 4.69) is 114 Å². The standard InChI is InChI=1S/C33H45NO2.C2H6/c1-8-33(34-20-23(2)3)32-19-28(26-9-14-29(15-10-26)35-21-24(4)5)13-18-31(32)27-11-16-30(17-12-27)36-22-25(6)7;1-2/h9-18,23-25,34H,8,19-22H2,1-7H3;1-2H3/b33-32+;. The third-order valence-electron chi connectivity index (χ3n) is 6.14. The zero-order valence-electron chi connectivity index (χ0n) is 25.4. The molecule has 0 heterocycles. The first-order valence-corrected chi connectivity index (χ1v) is 14.6. The van der Waals surface area contributed by atoms with E-state index in [0.29, 0.717) is 17.8 Å². The van der Waals surface area contributed by atoms with Gasteiger partial charge in [-0.25, -0.2) is 0 Å². The second-order valence-corrected chi connectivity index (χ2v) is 11.0. The fourth-order valence-electron chi connectivity index (χ4n) is 4.16. The molecule has 0 fully saturated rings. The SMILES string of the molecule is CC.CC/C(NCC(C)C)=C1/CC(c2ccc(OCC(C)C)cc2)=CC=C1c1ccc(OCC(C)C)cc1. The minimum Gasteiger partial charge on any atom is -0.493 e. The van der Waals surface area contributed by atoms with Crippen LogP contribution in [0.25, 0.3) is 11.1 Å². The largest absolute Gasteiger partial charge is 0.493 e. The first-order chi connectivity index (χ1) is 18.3. The van der Waals surface area contributed by atoms with Crippen LogP contribution in [0.3, 0.4) is 0 Å². The van der Waals surface area contributed by atoms with Gasteiger partial charge < -0.3 is 14.8 Å². The lowest BCUT2D eigenvalue weighted by molar-refractivity contribution is 0.271. The van der Waals surface area contributed by atoms with Gasteiger partial charge in [-0.15, -0.1) is 0 Å². The normalized spacial score (nSPS) is 14.5. The Morgan fingerprint density at radius 2 is 1.21 bits per heavy atom. The summed E-state index contributed by atoms with van der Waals surface area (Å²) in [6.45, 7) is 21.9. The predicted octanol–water partition coefficient (Wildman–Crippen LogP) is 9.56. The molecule has 0 bridgehead atoms. The summed E-state index contributed by atoms with van der Waals surface area (Å²) in [7, 11) is 0. The average molecular weight is 518 g/mol. The molecule has 0 unspecified atom stereocenters. The van der Waals surface area contributed by atoms with Gasteiger partial charge in [0.1, 0.15) is 11.5 Å². The van der Waals surface area contributed by atoms with Crippen molar-refractivity contribution in [1.29, 1.82) is 0 Å². The Hall–Kier alpha value is -2.94. The summed E-state index contributed by atoms with van der Waals surface area (Å²) >= 11 is 0. The summed E-state index contributed by atoms with van der Waals surface area (Å²) in [6.07, 6.45) is 6.44. The van der Waals surface area contributed by atoms with E-state index in [1.165, 1.54) is 33.5 Å². The second-order valence-electron chi connectivity index (χ2n) is 11.0. The lowest BCUT2D eigenvalue weighted by atomic mass is 9.84. The molecule has 0 amide bonds. The Morgan fingerprint density at radius 3 is 1.66 bits per heavy atom. The molecular weight excluding hydrogens is 466 g/mol. The maximum Gasteiger partial charge on any atom is 0.119 e. The molecule has 0 aliphatic heterocycles. The molecule has 208 valence electrons. The van der Waals surface area contributed by atoms with E-state index >= 15 is 0 Å². The van der Waals surface area contributed by atoms with Gasteiger partial charge in [0.25, 0.3) is 0 Å². The molecule has 0 aromatic heterocycles. The molecule has 1 aliphatic carbocycles. The van der Waals surface area contributed by atoms with Crippen LogP contribution in [0.2, 0.25) is 0 Å². The summed E-state index contributed by atoms with van der Waals surface area (Å²) in [6, 6.07) is 17.1. The summed E-state index contributed by atoms with van der Waals surface area (Å²) in [4.78, 5) is 0. The van der Waals surface area contributed by atoms with E-state index in [0.717, 1.165) is 44.1 Å². The van der Waals surface area contributed by atoms with Crippen LogP contribution in [0, 0.1) is 17.8 Å². The van der Waals surface area contributed by atoms with Crippen LogP contribution in [-0.4, -0.2) is 19.8 Å². The van der Waals surface area contributed by atoms with Crippen molar-refractivity contribution < 1.29 is 9.47 Å². The summed E-state index contributed by atoms with van der Waals surface area (Å²) < 4.78 is 11.8. The van der Waals surface area contributed by atoms with Crippen LogP contribution in [0.15, 0.2) is 72.0 Å². The number of rotatable bonds is 12. The third kappa shape index (κ3) is 9.74. The molecule has 0 saturated carbocycles. The highest BCUT2D eigenvalue weighted by Crippen LogP contribution is 2.38. The van der Waals surface area contributed by atoms with Crippen LogP contribution in [-0.2, 0) is 0 Å². The van der Waals surface area contributed by atoms with Crippen molar-refractivity contribution in [2.45, 2.75) is 75.2 Å². The van der Waals surface area contributed by atoms with Gasteiger partial charge in [-0.1, -0.05) is 98.7 Å². The van der Waals surface area contributed by atoms with Crippen LogP contribution >= 0.6 is 0 Å². The Bertz CT molecular complexity index is 1050. The second kappa shape index (κ2) is 16.1. The van der Waals surface area contributed by atoms with Gasteiger partial charge in [0.15, 0.2) is 0 Å². The third-order valence-corrected chi connectivity index (χ3v) is 6.14. The molecule has 1 aliphatic rings. The molecule has 3 rings (SSSR count). The van der Waals surface area contributed by atoms with E-state index in [1.807, 2.05) is 13.8 Å². The molecule has 2 aromatic rings. The van der Waals surface area contributed by atoms with Crippen molar-refractivity contribution in [2.75, 3.05) is 19.8 Å². The van der Waals surface area contributed by atoms with Crippen molar-refractivity contribution in [3.63, 3.8) is 0 Å². The van der Waals surface area contributed by atoms with Crippen LogP contribution in [0.5, 0.6) is 11.5 Å². The highest BCUT2D eigenvalue weighted by Gasteiger charge is 2.19. The zero-order chi connectivity index (χ0) is 28.1. The quantitative estimate of drug-likeness (QED) is 0.304. The van der Waals surface area contributed by atoms with Gasteiger partial charge >= 0.3 is 0 Å². The Balaban J connectivity index is 0.00000247. The molecular formula is C35H51NO2.